The molecule has 2 N–H and O–H groups in total. The van der Waals surface area contributed by atoms with Gasteiger partial charge in [0.1, 0.15) is 0 Å². The van der Waals surface area contributed by atoms with Gasteiger partial charge in [-0.25, -0.2) is 4.79 Å². The molecule has 0 spiro atoms. The Morgan fingerprint density at radius 3 is 2.80 bits per heavy atom. The number of likely N-dealkylation sites (N-methyl/N-ethyl adjacent to an activating group) is 1. The van der Waals surface area contributed by atoms with Crippen molar-refractivity contribution in [3.8, 4) is 0 Å². The summed E-state index contributed by atoms with van der Waals surface area (Å²) < 4.78 is 11.0. The fourth-order valence-corrected chi connectivity index (χ4v) is 2.72. The van der Waals surface area contributed by atoms with Gasteiger partial charge in [-0.1, -0.05) is 13.3 Å². The van der Waals surface area contributed by atoms with Crippen molar-refractivity contribution < 1.29 is 24.2 Å². The van der Waals surface area contributed by atoms with E-state index in [-0.39, 0.29) is 17.6 Å². The summed E-state index contributed by atoms with van der Waals surface area (Å²) in [5, 5.41) is 12.3. The first-order chi connectivity index (χ1) is 12.0. The lowest BCUT2D eigenvalue weighted by Crippen LogP contribution is -2.38. The summed E-state index contributed by atoms with van der Waals surface area (Å²) in [5.74, 6) is -1.14. The van der Waals surface area contributed by atoms with Crippen molar-refractivity contribution in [1.29, 1.82) is 0 Å². The van der Waals surface area contributed by atoms with Crippen molar-refractivity contribution in [3.05, 3.63) is 23.8 Å². The highest BCUT2D eigenvalue weighted by atomic mass is 16.6. The second kappa shape index (κ2) is 9.39. The average molecular weight is 350 g/mol. The Kier molecular flexibility index (Phi) is 7.21. The van der Waals surface area contributed by atoms with E-state index in [0.717, 1.165) is 12.8 Å². The molecule has 1 unspecified atom stereocenters. The van der Waals surface area contributed by atoms with Gasteiger partial charge >= 0.3 is 5.97 Å². The van der Waals surface area contributed by atoms with Crippen molar-refractivity contribution >= 4 is 23.3 Å². The summed E-state index contributed by atoms with van der Waals surface area (Å²) in [6.45, 7) is 4.18. The highest BCUT2D eigenvalue weighted by molar-refractivity contribution is 5.98. The summed E-state index contributed by atoms with van der Waals surface area (Å²) in [6.07, 6.45) is 2.08. The molecule has 0 aromatic heterocycles. The summed E-state index contributed by atoms with van der Waals surface area (Å²) in [7, 11) is 1.82. The van der Waals surface area contributed by atoms with Crippen molar-refractivity contribution in [1.82, 2.24) is 0 Å². The zero-order valence-electron chi connectivity index (χ0n) is 14.8. The number of carboxylic acid groups (broad SMARTS) is 1. The molecule has 1 heterocycles. The fourth-order valence-electron chi connectivity index (χ4n) is 2.72. The highest BCUT2D eigenvalue weighted by Crippen LogP contribution is 2.24. The van der Waals surface area contributed by atoms with Gasteiger partial charge in [0.15, 0.2) is 0 Å². The zero-order valence-corrected chi connectivity index (χ0v) is 14.8. The molecule has 0 bridgehead atoms. The first-order valence-corrected chi connectivity index (χ1v) is 8.59. The lowest BCUT2D eigenvalue weighted by Gasteiger charge is -2.29. The van der Waals surface area contributed by atoms with Gasteiger partial charge in [-0.2, -0.15) is 0 Å². The molecule has 0 saturated carbocycles. The number of aromatic carboxylic acids is 1. The Morgan fingerprint density at radius 2 is 2.16 bits per heavy atom. The third-order valence-electron chi connectivity index (χ3n) is 4.04. The van der Waals surface area contributed by atoms with E-state index >= 15 is 0 Å². The standard InChI is InChI=1S/C18H26N2O5/c1-3-4-5-17(21)19-13-6-7-16(15(10-13)18(22)23)20(2)11-14-12-24-8-9-25-14/h6-7,10,14H,3-5,8-9,11-12H2,1-2H3,(H,19,21)(H,22,23). The number of nitrogens with zero attached hydrogens (tertiary/aromatic N) is 1. The summed E-state index contributed by atoms with van der Waals surface area (Å²) in [4.78, 5) is 25.3. The number of ether oxygens (including phenoxy) is 2. The van der Waals surface area contributed by atoms with Crippen LogP contribution in [0.4, 0.5) is 11.4 Å². The molecule has 1 aromatic carbocycles. The molecule has 1 atom stereocenters. The van der Waals surface area contributed by atoms with Crippen molar-refractivity contribution in [2.24, 2.45) is 0 Å². The van der Waals surface area contributed by atoms with Gasteiger partial charge in [0.05, 0.1) is 37.2 Å². The van der Waals surface area contributed by atoms with E-state index < -0.39 is 5.97 Å². The van der Waals surface area contributed by atoms with Gasteiger partial charge in [0.2, 0.25) is 5.91 Å². The van der Waals surface area contributed by atoms with Gasteiger partial charge in [-0.05, 0) is 24.6 Å². The first-order valence-electron chi connectivity index (χ1n) is 8.59. The predicted octanol–water partition coefficient (Wildman–Crippen LogP) is 2.37. The molecule has 2 rings (SSSR count). The van der Waals surface area contributed by atoms with Crippen LogP contribution in [-0.2, 0) is 14.3 Å². The highest BCUT2D eigenvalue weighted by Gasteiger charge is 2.20. The Bertz CT molecular complexity index is 599. The number of hydrogen-bond acceptors (Lipinski definition) is 5. The molecule has 0 aliphatic carbocycles. The quantitative estimate of drug-likeness (QED) is 0.748. The number of anilines is 2. The van der Waals surface area contributed by atoms with Gasteiger partial charge in [0.25, 0.3) is 0 Å². The van der Waals surface area contributed by atoms with E-state index in [2.05, 4.69) is 5.32 Å². The molecule has 1 aliphatic rings. The molecule has 7 nitrogen and oxygen atoms in total. The SMILES string of the molecule is CCCCC(=O)Nc1ccc(N(C)CC2COCCO2)c(C(=O)O)c1. The van der Waals surface area contributed by atoms with Gasteiger partial charge in [0, 0.05) is 25.7 Å². The van der Waals surface area contributed by atoms with Crippen LogP contribution in [0.2, 0.25) is 0 Å². The molecule has 138 valence electrons. The summed E-state index contributed by atoms with van der Waals surface area (Å²) >= 11 is 0. The molecule has 1 saturated heterocycles. The molecule has 0 radical (unpaired) electrons. The average Bonchev–Trinajstić information content (AvgIpc) is 2.60. The van der Waals surface area contributed by atoms with E-state index in [1.54, 1.807) is 12.1 Å². The van der Waals surface area contributed by atoms with E-state index in [9.17, 15) is 14.7 Å². The number of nitrogens with one attached hydrogen (secondary N) is 1. The number of carbonyl (C=O) groups excluding carboxylic acids is 1. The molecular formula is C18H26N2O5. The monoisotopic (exact) mass is 350 g/mol. The van der Waals surface area contributed by atoms with Crippen LogP contribution in [0.25, 0.3) is 0 Å². The molecule has 25 heavy (non-hydrogen) atoms. The van der Waals surface area contributed by atoms with Crippen molar-refractivity contribution in [3.63, 3.8) is 0 Å². The Labute approximate surface area is 147 Å². The van der Waals surface area contributed by atoms with Crippen LogP contribution in [0.15, 0.2) is 18.2 Å². The molecule has 1 aliphatic heterocycles. The van der Waals surface area contributed by atoms with Crippen LogP contribution in [0.5, 0.6) is 0 Å². The van der Waals surface area contributed by atoms with E-state index in [1.165, 1.54) is 6.07 Å². The zero-order chi connectivity index (χ0) is 18.2. The van der Waals surface area contributed by atoms with Crippen LogP contribution in [-0.4, -0.2) is 56.5 Å². The van der Waals surface area contributed by atoms with Gasteiger partial charge in [-0.3, -0.25) is 4.79 Å². The number of unbranched alkanes of at least 4 members (excludes halogenated alkanes) is 1. The van der Waals surface area contributed by atoms with Crippen molar-refractivity contribution in [2.45, 2.75) is 32.3 Å². The maximum Gasteiger partial charge on any atom is 0.337 e. The maximum absolute atomic E-state index is 11.8. The van der Waals surface area contributed by atoms with E-state index in [4.69, 9.17) is 9.47 Å². The topological polar surface area (TPSA) is 88.1 Å². The summed E-state index contributed by atoms with van der Waals surface area (Å²) in [5.41, 5.74) is 1.22. The number of hydrogen-bond donors (Lipinski definition) is 2. The van der Waals surface area contributed by atoms with Gasteiger partial charge in [-0.15, -0.1) is 0 Å². The number of carbonyl (C=O) groups is 2. The van der Waals surface area contributed by atoms with Crippen LogP contribution < -0.4 is 10.2 Å². The third kappa shape index (κ3) is 5.72. The second-order valence-corrected chi connectivity index (χ2v) is 6.14. The predicted molar refractivity (Wildman–Crippen MR) is 95.4 cm³/mol. The van der Waals surface area contributed by atoms with E-state index in [0.29, 0.717) is 44.2 Å². The number of rotatable bonds is 8. The summed E-state index contributed by atoms with van der Waals surface area (Å²) in [6, 6.07) is 4.93. The van der Waals surface area contributed by atoms with E-state index in [1.807, 2.05) is 18.9 Å². The second-order valence-electron chi connectivity index (χ2n) is 6.14. The normalized spacial score (nSPS) is 17.1. The lowest BCUT2D eigenvalue weighted by molar-refractivity contribution is -0.116. The molecule has 1 aromatic rings. The van der Waals surface area contributed by atoms with Crippen LogP contribution in [0.1, 0.15) is 36.5 Å². The molecule has 1 fully saturated rings. The maximum atomic E-state index is 11.8. The number of benzene rings is 1. The van der Waals surface area contributed by atoms with Gasteiger partial charge < -0.3 is 24.8 Å². The molecular weight excluding hydrogens is 324 g/mol. The fraction of sp³-hybridized carbons (Fsp3) is 0.556. The molecule has 1 amide bonds. The smallest absolute Gasteiger partial charge is 0.337 e. The van der Waals surface area contributed by atoms with Crippen LogP contribution in [0.3, 0.4) is 0 Å². The largest absolute Gasteiger partial charge is 0.478 e. The minimum atomic E-state index is -1.03. The Hall–Kier alpha value is -2.12. The molecule has 7 heteroatoms. The lowest BCUT2D eigenvalue weighted by atomic mass is 10.1. The Morgan fingerprint density at radius 1 is 1.36 bits per heavy atom. The third-order valence-corrected chi connectivity index (χ3v) is 4.04. The number of carboxylic acids is 1. The Balaban J connectivity index is 2.09. The van der Waals surface area contributed by atoms with Crippen LogP contribution >= 0.6 is 0 Å². The first kappa shape index (κ1) is 19.2. The minimum Gasteiger partial charge on any atom is -0.478 e. The minimum absolute atomic E-state index is 0.0891. The number of amides is 1. The van der Waals surface area contributed by atoms with Crippen LogP contribution in [0, 0.1) is 0 Å². The van der Waals surface area contributed by atoms with Crippen molar-refractivity contribution in [2.75, 3.05) is 43.6 Å².